The molecule has 0 amide bonds. The molecule has 2 N–H and O–H groups in total. The lowest BCUT2D eigenvalue weighted by atomic mass is 10.3. The van der Waals surface area contributed by atoms with Crippen LogP contribution in [0.25, 0.3) is 0 Å². The van der Waals surface area contributed by atoms with Crippen LogP contribution >= 0.6 is 32.9 Å². The minimum Gasteiger partial charge on any atom is -0.319 e. The van der Waals surface area contributed by atoms with E-state index in [1.807, 2.05) is 0 Å². The number of halogens is 2. The van der Waals surface area contributed by atoms with Crippen molar-refractivity contribution in [3.8, 4) is 0 Å². The Hall–Kier alpha value is 0.920. The molecule has 0 fully saturated rings. The van der Waals surface area contributed by atoms with E-state index in [2.05, 4.69) is 22.9 Å². The number of rotatable bonds is 3. The molecular weight excluding hydrogens is 234 g/mol. The van der Waals surface area contributed by atoms with Gasteiger partial charge in [-0.05, 0) is 6.42 Å². The number of unbranched alkanes of at least 4 members (excludes halogenated alkanes) is 1. The first-order valence-electron chi connectivity index (χ1n) is 2.67. The first-order chi connectivity index (χ1) is 3.27. The highest BCUT2D eigenvalue weighted by molar-refractivity contribution is 9.09. The Morgan fingerprint density at radius 3 is 2.25 bits per heavy atom. The van der Waals surface area contributed by atoms with Crippen LogP contribution < -0.4 is 5.73 Å². The fourth-order valence-electron chi connectivity index (χ4n) is 0.399. The van der Waals surface area contributed by atoms with Gasteiger partial charge in [-0.2, -0.15) is 0 Å². The van der Waals surface area contributed by atoms with Gasteiger partial charge in [0.2, 0.25) is 0 Å². The molecule has 8 heavy (non-hydrogen) atoms. The van der Waals surface area contributed by atoms with Crippen LogP contribution in [0.5, 0.6) is 0 Å². The molecule has 0 aromatic rings. The van der Waals surface area contributed by atoms with E-state index in [0.717, 1.165) is 6.42 Å². The molecule has 3 heteroatoms. The van der Waals surface area contributed by atoms with E-state index >= 15 is 0 Å². The van der Waals surface area contributed by atoms with Crippen LogP contribution in [0.1, 0.15) is 26.2 Å². The fourth-order valence-corrected chi connectivity index (χ4v) is 0.723. The fraction of sp³-hybridized carbons (Fsp3) is 1.00. The van der Waals surface area contributed by atoms with Gasteiger partial charge in [-0.25, -0.2) is 0 Å². The van der Waals surface area contributed by atoms with E-state index in [4.69, 9.17) is 5.73 Å². The molecule has 0 radical (unpaired) electrons. The van der Waals surface area contributed by atoms with Crippen molar-refractivity contribution in [3.63, 3.8) is 0 Å². The normalized spacial score (nSPS) is 12.4. The van der Waals surface area contributed by atoms with Gasteiger partial charge in [-0.3, -0.25) is 0 Å². The van der Waals surface area contributed by atoms with Crippen LogP contribution in [0.15, 0.2) is 0 Å². The summed E-state index contributed by atoms with van der Waals surface area (Å²) in [5, 5.41) is 0. The zero-order chi connectivity index (χ0) is 5.70. The monoisotopic (exact) mass is 245 g/mol. The van der Waals surface area contributed by atoms with E-state index in [0.29, 0.717) is 0 Å². The summed E-state index contributed by atoms with van der Waals surface area (Å²) in [5.74, 6) is 0. The van der Waals surface area contributed by atoms with Gasteiger partial charge in [0.25, 0.3) is 0 Å². The van der Waals surface area contributed by atoms with Gasteiger partial charge in [-0.1, -0.05) is 35.7 Å². The lowest BCUT2D eigenvalue weighted by Gasteiger charge is -1.97. The smallest absolute Gasteiger partial charge is 0.0605 e. The van der Waals surface area contributed by atoms with Gasteiger partial charge in [0.1, 0.15) is 0 Å². The zero-order valence-electron chi connectivity index (χ0n) is 5.06. The van der Waals surface area contributed by atoms with Gasteiger partial charge in [-0.15, -0.1) is 17.0 Å². The summed E-state index contributed by atoms with van der Waals surface area (Å²) in [4.78, 5) is 0.215. The lowest BCUT2D eigenvalue weighted by Crippen LogP contribution is -2.09. The Bertz CT molecular complexity index is 39.4. The van der Waals surface area contributed by atoms with Crippen molar-refractivity contribution in [1.82, 2.24) is 0 Å². The predicted octanol–water partition coefficient (Wildman–Crippen LogP) is 2.43. The summed E-state index contributed by atoms with van der Waals surface area (Å²) in [6.07, 6.45) is 3.56. The Labute approximate surface area is 69.9 Å². The Morgan fingerprint density at radius 1 is 1.62 bits per heavy atom. The maximum Gasteiger partial charge on any atom is 0.0605 e. The van der Waals surface area contributed by atoms with Crippen molar-refractivity contribution in [2.24, 2.45) is 5.73 Å². The van der Waals surface area contributed by atoms with E-state index in [1.165, 1.54) is 12.8 Å². The van der Waals surface area contributed by atoms with Crippen LogP contribution in [0.3, 0.4) is 0 Å². The molecule has 0 aromatic carbocycles. The SMILES string of the molecule is Br.CCCCC(N)Br. The van der Waals surface area contributed by atoms with Crippen molar-refractivity contribution < 1.29 is 0 Å². The predicted molar refractivity (Wildman–Crippen MR) is 46.7 cm³/mol. The molecule has 0 saturated heterocycles. The summed E-state index contributed by atoms with van der Waals surface area (Å²) in [5.41, 5.74) is 5.40. The van der Waals surface area contributed by atoms with Crippen LogP contribution in [-0.4, -0.2) is 4.95 Å². The van der Waals surface area contributed by atoms with Crippen molar-refractivity contribution in [2.45, 2.75) is 31.1 Å². The highest BCUT2D eigenvalue weighted by atomic mass is 79.9. The minimum absolute atomic E-state index is 0. The van der Waals surface area contributed by atoms with Gasteiger partial charge in [0.15, 0.2) is 0 Å². The van der Waals surface area contributed by atoms with Gasteiger partial charge >= 0.3 is 0 Å². The van der Waals surface area contributed by atoms with Crippen LogP contribution in [-0.2, 0) is 0 Å². The van der Waals surface area contributed by atoms with E-state index in [-0.39, 0.29) is 21.9 Å². The maximum absolute atomic E-state index is 5.40. The molecule has 0 aliphatic heterocycles. The molecule has 0 rings (SSSR count). The molecule has 0 heterocycles. The Balaban J connectivity index is 0. The van der Waals surface area contributed by atoms with Crippen LogP contribution in [0.4, 0.5) is 0 Å². The summed E-state index contributed by atoms with van der Waals surface area (Å²) in [6.45, 7) is 2.16. The lowest BCUT2D eigenvalue weighted by molar-refractivity contribution is 0.705. The van der Waals surface area contributed by atoms with Crippen LogP contribution in [0.2, 0.25) is 0 Å². The van der Waals surface area contributed by atoms with Crippen molar-refractivity contribution in [1.29, 1.82) is 0 Å². The topological polar surface area (TPSA) is 26.0 Å². The van der Waals surface area contributed by atoms with Crippen molar-refractivity contribution >= 4 is 32.9 Å². The quantitative estimate of drug-likeness (QED) is 0.601. The third-order valence-electron chi connectivity index (χ3n) is 0.833. The maximum atomic E-state index is 5.40. The zero-order valence-corrected chi connectivity index (χ0v) is 8.36. The molecule has 1 nitrogen and oxygen atoms in total. The molecule has 0 aliphatic carbocycles. The number of alkyl halides is 1. The van der Waals surface area contributed by atoms with E-state index < -0.39 is 0 Å². The van der Waals surface area contributed by atoms with E-state index in [9.17, 15) is 0 Å². The molecule has 0 aliphatic rings. The Kier molecular flexibility index (Phi) is 11.6. The third-order valence-corrected chi connectivity index (χ3v) is 1.29. The van der Waals surface area contributed by atoms with Crippen molar-refractivity contribution in [2.75, 3.05) is 0 Å². The van der Waals surface area contributed by atoms with Crippen molar-refractivity contribution in [3.05, 3.63) is 0 Å². The Morgan fingerprint density at radius 2 is 2.12 bits per heavy atom. The minimum atomic E-state index is 0. The first kappa shape index (κ1) is 11.7. The molecule has 52 valence electrons. The van der Waals surface area contributed by atoms with Crippen LogP contribution in [0, 0.1) is 0 Å². The van der Waals surface area contributed by atoms with Gasteiger partial charge < -0.3 is 5.73 Å². The number of hydrogen-bond acceptors (Lipinski definition) is 1. The highest BCUT2D eigenvalue weighted by Crippen LogP contribution is 2.01. The number of nitrogens with two attached hydrogens (primary N) is 1. The summed E-state index contributed by atoms with van der Waals surface area (Å²) in [7, 11) is 0. The largest absolute Gasteiger partial charge is 0.319 e. The standard InChI is InChI=1S/C5H12BrN.BrH/c1-2-3-4-5(6)7;/h5H,2-4,7H2,1H3;1H. The van der Waals surface area contributed by atoms with Gasteiger partial charge in [0.05, 0.1) is 4.95 Å². The second-order valence-electron chi connectivity index (χ2n) is 1.66. The average Bonchev–Trinajstić information content (AvgIpc) is 1.61. The second kappa shape index (κ2) is 7.92. The highest BCUT2D eigenvalue weighted by Gasteiger charge is 1.90. The first-order valence-corrected chi connectivity index (χ1v) is 3.58. The molecular formula is C5H13Br2N. The summed E-state index contributed by atoms with van der Waals surface area (Å²) < 4.78 is 0. The molecule has 0 saturated carbocycles. The summed E-state index contributed by atoms with van der Waals surface area (Å²) >= 11 is 3.25. The third kappa shape index (κ3) is 10.0. The summed E-state index contributed by atoms with van der Waals surface area (Å²) in [6, 6.07) is 0. The van der Waals surface area contributed by atoms with Gasteiger partial charge in [0, 0.05) is 0 Å². The van der Waals surface area contributed by atoms with E-state index in [1.54, 1.807) is 0 Å². The molecule has 0 spiro atoms. The number of hydrogen-bond donors (Lipinski definition) is 1. The average molecular weight is 247 g/mol. The molecule has 1 atom stereocenters. The molecule has 1 unspecified atom stereocenters. The second-order valence-corrected chi connectivity index (χ2v) is 2.83. The molecule has 0 bridgehead atoms. The molecule has 0 aromatic heterocycles.